The molecule has 21 heavy (non-hydrogen) atoms. The normalized spacial score (nSPS) is 13.3. The molecule has 0 aliphatic carbocycles. The van der Waals surface area contributed by atoms with E-state index in [1.807, 2.05) is 13.8 Å². The number of aliphatic carboxylic acids is 1. The van der Waals surface area contributed by atoms with Gasteiger partial charge in [-0.1, -0.05) is 25.1 Å². The Balaban J connectivity index is 3.46. The molecule has 1 rings (SSSR count). The Bertz CT molecular complexity index is 515. The van der Waals surface area contributed by atoms with Crippen molar-refractivity contribution in [1.82, 2.24) is 4.90 Å². The number of para-hydroxylation sites is 1. The van der Waals surface area contributed by atoms with Crippen molar-refractivity contribution in [1.29, 1.82) is 0 Å². The Hall–Kier alpha value is -2.04. The van der Waals surface area contributed by atoms with Crippen LogP contribution < -0.4 is 4.74 Å². The number of ether oxygens (including phenoxy) is 1. The minimum Gasteiger partial charge on any atom is -0.493 e. The number of hydrogen-bond acceptors (Lipinski definition) is 3. The number of carboxylic acid groups (broad SMARTS) is 1. The van der Waals surface area contributed by atoms with Crippen molar-refractivity contribution in [2.24, 2.45) is 0 Å². The van der Waals surface area contributed by atoms with Crippen molar-refractivity contribution < 1.29 is 19.4 Å². The van der Waals surface area contributed by atoms with Gasteiger partial charge in [-0.25, -0.2) is 4.79 Å². The molecule has 0 aliphatic rings. The van der Waals surface area contributed by atoms with Crippen LogP contribution in [0.15, 0.2) is 24.3 Å². The van der Waals surface area contributed by atoms with E-state index in [1.165, 1.54) is 11.8 Å². The molecular formula is C16H23NO4. The van der Waals surface area contributed by atoms with Crippen molar-refractivity contribution in [3.8, 4) is 5.75 Å². The second-order valence-corrected chi connectivity index (χ2v) is 4.98. The minimum atomic E-state index is -1.45. The van der Waals surface area contributed by atoms with Gasteiger partial charge in [0.1, 0.15) is 5.75 Å². The second-order valence-electron chi connectivity index (χ2n) is 4.98. The van der Waals surface area contributed by atoms with Crippen molar-refractivity contribution in [3.05, 3.63) is 29.8 Å². The fourth-order valence-corrected chi connectivity index (χ4v) is 2.45. The molecule has 0 saturated heterocycles. The summed E-state index contributed by atoms with van der Waals surface area (Å²) in [6.45, 7) is 7.49. The van der Waals surface area contributed by atoms with Crippen LogP contribution in [0.3, 0.4) is 0 Å². The summed E-state index contributed by atoms with van der Waals surface area (Å²) in [6.07, 6.45) is 0.680. The van der Waals surface area contributed by atoms with Crippen LogP contribution in [0.4, 0.5) is 0 Å². The molecule has 116 valence electrons. The fourth-order valence-electron chi connectivity index (χ4n) is 2.45. The molecule has 0 aliphatic heterocycles. The van der Waals surface area contributed by atoms with E-state index in [-0.39, 0.29) is 5.91 Å². The molecule has 0 heterocycles. The highest BCUT2D eigenvalue weighted by atomic mass is 16.5. The smallest absolute Gasteiger partial charge is 0.334 e. The number of carbonyl (C=O) groups excluding carboxylic acids is 1. The number of carbonyl (C=O) groups is 2. The maximum atomic E-state index is 11.9. The standard InChI is InChI=1S/C16H23NO4/c1-5-11-17(12(3)18)16(4,15(19)20)13-9-7-8-10-14(13)21-6-2/h7-10H,5-6,11H2,1-4H3,(H,19,20). The third-order valence-electron chi connectivity index (χ3n) is 3.49. The molecule has 1 aromatic rings. The van der Waals surface area contributed by atoms with Gasteiger partial charge in [-0.05, 0) is 26.3 Å². The summed E-state index contributed by atoms with van der Waals surface area (Å²) in [5, 5.41) is 9.78. The average Bonchev–Trinajstić information content (AvgIpc) is 2.44. The Morgan fingerprint density at radius 3 is 2.38 bits per heavy atom. The largest absolute Gasteiger partial charge is 0.493 e. The fraction of sp³-hybridized carbons (Fsp3) is 0.500. The van der Waals surface area contributed by atoms with Gasteiger partial charge in [-0.2, -0.15) is 0 Å². The van der Waals surface area contributed by atoms with Crippen LogP contribution in [0.25, 0.3) is 0 Å². The number of carboxylic acids is 1. The molecular weight excluding hydrogens is 270 g/mol. The van der Waals surface area contributed by atoms with E-state index in [0.717, 1.165) is 0 Å². The average molecular weight is 293 g/mol. The van der Waals surface area contributed by atoms with E-state index >= 15 is 0 Å². The summed E-state index contributed by atoms with van der Waals surface area (Å²) in [7, 11) is 0. The quantitative estimate of drug-likeness (QED) is 0.839. The Morgan fingerprint density at radius 2 is 1.90 bits per heavy atom. The van der Waals surface area contributed by atoms with E-state index in [1.54, 1.807) is 31.2 Å². The van der Waals surface area contributed by atoms with Gasteiger partial charge in [0.05, 0.1) is 6.61 Å². The molecule has 5 nitrogen and oxygen atoms in total. The third-order valence-corrected chi connectivity index (χ3v) is 3.49. The molecule has 0 aromatic heterocycles. The monoisotopic (exact) mass is 293 g/mol. The molecule has 1 N–H and O–H groups in total. The molecule has 1 aromatic carbocycles. The second kappa shape index (κ2) is 7.11. The van der Waals surface area contributed by atoms with Gasteiger partial charge >= 0.3 is 5.97 Å². The highest BCUT2D eigenvalue weighted by Crippen LogP contribution is 2.35. The van der Waals surface area contributed by atoms with Crippen LogP contribution >= 0.6 is 0 Å². The lowest BCUT2D eigenvalue weighted by atomic mass is 9.88. The maximum Gasteiger partial charge on any atom is 0.334 e. The van der Waals surface area contributed by atoms with Gasteiger partial charge in [-0.3, -0.25) is 4.79 Å². The van der Waals surface area contributed by atoms with Crippen LogP contribution in [0.5, 0.6) is 5.75 Å². The Labute approximate surface area is 125 Å². The van der Waals surface area contributed by atoms with Gasteiger partial charge in [-0.15, -0.1) is 0 Å². The summed E-state index contributed by atoms with van der Waals surface area (Å²) in [5.41, 5.74) is -0.962. The number of benzene rings is 1. The van der Waals surface area contributed by atoms with Gasteiger partial charge in [0.15, 0.2) is 5.54 Å². The molecule has 0 spiro atoms. The zero-order valence-corrected chi connectivity index (χ0v) is 13.0. The zero-order chi connectivity index (χ0) is 16.0. The minimum absolute atomic E-state index is 0.270. The lowest BCUT2D eigenvalue weighted by Crippen LogP contribution is -2.52. The van der Waals surface area contributed by atoms with Crippen molar-refractivity contribution in [2.75, 3.05) is 13.2 Å². The molecule has 1 amide bonds. The van der Waals surface area contributed by atoms with E-state index in [9.17, 15) is 14.7 Å². The van der Waals surface area contributed by atoms with Crippen LogP contribution in [0, 0.1) is 0 Å². The predicted octanol–water partition coefficient (Wildman–Crippen LogP) is 2.64. The van der Waals surface area contributed by atoms with E-state index in [4.69, 9.17) is 4.74 Å². The molecule has 1 unspecified atom stereocenters. The highest BCUT2D eigenvalue weighted by molar-refractivity contribution is 5.87. The van der Waals surface area contributed by atoms with E-state index in [2.05, 4.69) is 0 Å². The SMILES string of the molecule is CCCN(C(C)=O)C(C)(C(=O)O)c1ccccc1OCC. The first-order valence-corrected chi connectivity index (χ1v) is 7.13. The first-order valence-electron chi connectivity index (χ1n) is 7.13. The van der Waals surface area contributed by atoms with Gasteiger partial charge < -0.3 is 14.7 Å². The summed E-state index contributed by atoms with van der Waals surface area (Å²) in [6, 6.07) is 6.97. The lowest BCUT2D eigenvalue weighted by molar-refractivity contribution is -0.158. The van der Waals surface area contributed by atoms with E-state index in [0.29, 0.717) is 30.9 Å². The number of nitrogens with zero attached hydrogens (tertiary/aromatic N) is 1. The number of rotatable bonds is 7. The van der Waals surface area contributed by atoms with Crippen LogP contribution in [-0.4, -0.2) is 35.0 Å². The molecule has 5 heteroatoms. The topological polar surface area (TPSA) is 66.8 Å². The van der Waals surface area contributed by atoms with Gasteiger partial charge in [0.25, 0.3) is 0 Å². The zero-order valence-electron chi connectivity index (χ0n) is 13.0. The summed E-state index contributed by atoms with van der Waals surface area (Å²) < 4.78 is 5.54. The van der Waals surface area contributed by atoms with Gasteiger partial charge in [0.2, 0.25) is 5.91 Å². The summed E-state index contributed by atoms with van der Waals surface area (Å²) in [5.74, 6) is -0.849. The van der Waals surface area contributed by atoms with E-state index < -0.39 is 11.5 Å². The summed E-state index contributed by atoms with van der Waals surface area (Å²) in [4.78, 5) is 25.3. The Morgan fingerprint density at radius 1 is 1.29 bits per heavy atom. The van der Waals surface area contributed by atoms with Crippen LogP contribution in [0.2, 0.25) is 0 Å². The van der Waals surface area contributed by atoms with Gasteiger partial charge in [0, 0.05) is 19.0 Å². The van der Waals surface area contributed by atoms with Crippen LogP contribution in [0.1, 0.15) is 39.7 Å². The number of amides is 1. The molecule has 0 saturated carbocycles. The first-order chi connectivity index (χ1) is 9.89. The highest BCUT2D eigenvalue weighted by Gasteiger charge is 2.44. The lowest BCUT2D eigenvalue weighted by Gasteiger charge is -2.38. The van der Waals surface area contributed by atoms with Crippen molar-refractivity contribution in [3.63, 3.8) is 0 Å². The first kappa shape index (κ1) is 17.0. The summed E-state index contributed by atoms with van der Waals surface area (Å²) >= 11 is 0. The third kappa shape index (κ3) is 3.35. The number of hydrogen-bond donors (Lipinski definition) is 1. The molecule has 0 radical (unpaired) electrons. The Kier molecular flexibility index (Phi) is 5.76. The predicted molar refractivity (Wildman–Crippen MR) is 80.3 cm³/mol. The molecule has 0 fully saturated rings. The molecule has 0 bridgehead atoms. The van der Waals surface area contributed by atoms with Crippen LogP contribution in [-0.2, 0) is 15.1 Å². The molecule has 1 atom stereocenters. The van der Waals surface area contributed by atoms with Crippen molar-refractivity contribution in [2.45, 2.75) is 39.7 Å². The van der Waals surface area contributed by atoms with Crippen molar-refractivity contribution >= 4 is 11.9 Å². The maximum absolute atomic E-state index is 11.9.